The zero-order valence-corrected chi connectivity index (χ0v) is 30.4. The lowest BCUT2D eigenvalue weighted by Crippen LogP contribution is -1.98. The van der Waals surface area contributed by atoms with Crippen LogP contribution in [0.1, 0.15) is 0 Å². The number of hydrogen-bond donors (Lipinski definition) is 0. The Labute approximate surface area is 324 Å². The zero-order valence-electron chi connectivity index (χ0n) is 30.4. The van der Waals surface area contributed by atoms with Crippen LogP contribution < -0.4 is 0 Å². The number of aromatic nitrogens is 4. The number of nitrogens with zero attached hydrogens (tertiary/aromatic N) is 4. The molecule has 56 heavy (non-hydrogen) atoms. The number of rotatable bonds is 6. The van der Waals surface area contributed by atoms with Gasteiger partial charge in [-0.15, -0.1) is 0 Å². The van der Waals surface area contributed by atoms with Crippen LogP contribution in [0.4, 0.5) is 0 Å². The van der Waals surface area contributed by atoms with Crippen molar-refractivity contribution in [1.82, 2.24) is 19.1 Å². The molecule has 4 heteroatoms. The van der Waals surface area contributed by atoms with E-state index in [9.17, 15) is 0 Å². The summed E-state index contributed by atoms with van der Waals surface area (Å²) in [7, 11) is 0. The van der Waals surface area contributed by atoms with E-state index >= 15 is 0 Å². The standard InChI is InChI=1S/C52H34N4/c1-3-14-35(15-4-1)38-18-13-19-39(32-38)47-34-46(36-16-5-2-6-17-36)53-52(54-47)37-26-28-40(29-27-37)55-50-25-12-9-22-44(50)45-33-41(30-31-51(45)55)56-48-23-10-7-20-42(48)43-21-8-11-24-49(43)56/h1-34H. The van der Waals surface area contributed by atoms with Gasteiger partial charge in [0, 0.05) is 49.6 Å². The maximum atomic E-state index is 5.18. The Hall–Kier alpha value is -7.56. The minimum atomic E-state index is 0.691. The summed E-state index contributed by atoms with van der Waals surface area (Å²) >= 11 is 0. The maximum Gasteiger partial charge on any atom is 0.160 e. The van der Waals surface area contributed by atoms with Gasteiger partial charge >= 0.3 is 0 Å². The van der Waals surface area contributed by atoms with Crippen LogP contribution in [0.25, 0.3) is 100 Å². The highest BCUT2D eigenvalue weighted by Gasteiger charge is 2.17. The van der Waals surface area contributed by atoms with Crippen molar-refractivity contribution in [2.24, 2.45) is 0 Å². The molecule has 0 spiro atoms. The first-order valence-electron chi connectivity index (χ1n) is 19.0. The maximum absolute atomic E-state index is 5.18. The largest absolute Gasteiger partial charge is 0.309 e. The van der Waals surface area contributed by atoms with Crippen molar-refractivity contribution in [2.45, 2.75) is 0 Å². The van der Waals surface area contributed by atoms with Gasteiger partial charge in [0.05, 0.1) is 33.5 Å². The molecule has 0 saturated carbocycles. The minimum absolute atomic E-state index is 0.691. The van der Waals surface area contributed by atoms with Gasteiger partial charge in [-0.25, -0.2) is 9.97 Å². The van der Waals surface area contributed by atoms with Crippen LogP contribution in [0.2, 0.25) is 0 Å². The topological polar surface area (TPSA) is 35.6 Å². The smallest absolute Gasteiger partial charge is 0.160 e. The summed E-state index contributed by atoms with van der Waals surface area (Å²) in [6, 6.07) is 73.1. The second-order valence-corrected chi connectivity index (χ2v) is 14.2. The van der Waals surface area contributed by atoms with E-state index in [0.29, 0.717) is 5.82 Å². The molecule has 0 aliphatic heterocycles. The first kappa shape index (κ1) is 31.9. The van der Waals surface area contributed by atoms with E-state index in [4.69, 9.17) is 9.97 Å². The van der Waals surface area contributed by atoms with E-state index in [1.807, 2.05) is 12.1 Å². The third-order valence-corrected chi connectivity index (χ3v) is 10.9. The molecular weight excluding hydrogens is 681 g/mol. The summed E-state index contributed by atoms with van der Waals surface area (Å²) in [5, 5.41) is 4.95. The van der Waals surface area contributed by atoms with Crippen LogP contribution in [0.15, 0.2) is 206 Å². The Kier molecular flexibility index (Phi) is 7.46. The lowest BCUT2D eigenvalue weighted by molar-refractivity contribution is 1.16. The lowest BCUT2D eigenvalue weighted by atomic mass is 10.0. The third-order valence-electron chi connectivity index (χ3n) is 10.9. The van der Waals surface area contributed by atoms with Crippen molar-refractivity contribution in [1.29, 1.82) is 0 Å². The Morgan fingerprint density at radius 3 is 1.38 bits per heavy atom. The molecular formula is C52H34N4. The van der Waals surface area contributed by atoms with Gasteiger partial charge in [-0.05, 0) is 83.9 Å². The molecule has 0 amide bonds. The molecule has 11 rings (SSSR count). The van der Waals surface area contributed by atoms with Crippen LogP contribution in [0.5, 0.6) is 0 Å². The van der Waals surface area contributed by atoms with Gasteiger partial charge in [-0.1, -0.05) is 133 Å². The number of para-hydroxylation sites is 3. The molecule has 0 unspecified atom stereocenters. The Bertz CT molecular complexity index is 3180. The molecule has 8 aromatic carbocycles. The van der Waals surface area contributed by atoms with Crippen molar-refractivity contribution >= 4 is 43.6 Å². The highest BCUT2D eigenvalue weighted by Crippen LogP contribution is 2.37. The molecule has 0 radical (unpaired) electrons. The van der Waals surface area contributed by atoms with Crippen LogP contribution in [0.3, 0.4) is 0 Å². The number of fused-ring (bicyclic) bond motifs is 6. The molecule has 3 aromatic heterocycles. The average Bonchev–Trinajstić information content (AvgIpc) is 3.79. The molecule has 0 atom stereocenters. The van der Waals surface area contributed by atoms with Crippen molar-refractivity contribution in [3.05, 3.63) is 206 Å². The highest BCUT2D eigenvalue weighted by molar-refractivity contribution is 6.12. The zero-order chi connectivity index (χ0) is 37.0. The number of benzene rings is 8. The Balaban J connectivity index is 1.03. The second kappa shape index (κ2) is 13.1. The SMILES string of the molecule is c1ccc(-c2cccc(-c3cc(-c4ccccc4)nc(-c4ccc(-n5c6ccccc6c6cc(-n7c8ccccc8c8ccccc87)ccc65)cc4)n3)c2)cc1. The van der Waals surface area contributed by atoms with E-state index in [1.54, 1.807) is 0 Å². The van der Waals surface area contributed by atoms with E-state index in [2.05, 4.69) is 203 Å². The average molecular weight is 715 g/mol. The molecule has 262 valence electrons. The van der Waals surface area contributed by atoms with E-state index in [-0.39, 0.29) is 0 Å². The van der Waals surface area contributed by atoms with Crippen LogP contribution in [-0.2, 0) is 0 Å². The normalized spacial score (nSPS) is 11.6. The molecule has 3 heterocycles. The molecule has 4 nitrogen and oxygen atoms in total. The fourth-order valence-electron chi connectivity index (χ4n) is 8.31. The fraction of sp³-hybridized carbons (Fsp3) is 0. The van der Waals surface area contributed by atoms with Gasteiger partial charge < -0.3 is 9.13 Å². The summed E-state index contributed by atoms with van der Waals surface area (Å²) < 4.78 is 4.76. The predicted octanol–water partition coefficient (Wildman–Crippen LogP) is 13.3. The molecule has 11 aromatic rings. The minimum Gasteiger partial charge on any atom is -0.309 e. The quantitative estimate of drug-likeness (QED) is 0.172. The van der Waals surface area contributed by atoms with Crippen LogP contribution in [0, 0.1) is 0 Å². The lowest BCUT2D eigenvalue weighted by Gasteiger charge is -2.12. The van der Waals surface area contributed by atoms with Gasteiger partial charge in [-0.3, -0.25) is 0 Å². The van der Waals surface area contributed by atoms with Gasteiger partial charge in [-0.2, -0.15) is 0 Å². The molecule has 0 aliphatic carbocycles. The van der Waals surface area contributed by atoms with Gasteiger partial charge in [0.15, 0.2) is 5.82 Å². The summed E-state index contributed by atoms with van der Waals surface area (Å²) in [4.78, 5) is 10.3. The summed E-state index contributed by atoms with van der Waals surface area (Å²) in [5.74, 6) is 0.691. The van der Waals surface area contributed by atoms with Crippen LogP contribution in [-0.4, -0.2) is 19.1 Å². The van der Waals surface area contributed by atoms with Crippen molar-refractivity contribution in [3.63, 3.8) is 0 Å². The van der Waals surface area contributed by atoms with E-state index in [0.717, 1.165) is 56.0 Å². The Morgan fingerprint density at radius 2 is 0.732 bits per heavy atom. The van der Waals surface area contributed by atoms with Gasteiger partial charge in [0.2, 0.25) is 0 Å². The highest BCUT2D eigenvalue weighted by atomic mass is 15.0. The molecule has 0 N–H and O–H groups in total. The molecule has 0 bridgehead atoms. The molecule has 0 saturated heterocycles. The first-order chi connectivity index (χ1) is 27.8. The Morgan fingerprint density at radius 1 is 0.268 bits per heavy atom. The van der Waals surface area contributed by atoms with E-state index in [1.165, 1.54) is 38.1 Å². The van der Waals surface area contributed by atoms with Gasteiger partial charge in [0.25, 0.3) is 0 Å². The number of hydrogen-bond acceptors (Lipinski definition) is 2. The summed E-state index contributed by atoms with van der Waals surface area (Å²) in [6.07, 6.45) is 0. The predicted molar refractivity (Wildman–Crippen MR) is 232 cm³/mol. The van der Waals surface area contributed by atoms with Crippen molar-refractivity contribution in [2.75, 3.05) is 0 Å². The molecule has 0 aliphatic rings. The fourth-order valence-corrected chi connectivity index (χ4v) is 8.31. The second-order valence-electron chi connectivity index (χ2n) is 14.2. The van der Waals surface area contributed by atoms with Crippen LogP contribution >= 0.6 is 0 Å². The van der Waals surface area contributed by atoms with Gasteiger partial charge in [0.1, 0.15) is 0 Å². The third kappa shape index (κ3) is 5.31. The summed E-state index contributed by atoms with van der Waals surface area (Å²) in [5.41, 5.74) is 14.1. The molecule has 0 fully saturated rings. The monoisotopic (exact) mass is 714 g/mol. The van der Waals surface area contributed by atoms with Crippen molar-refractivity contribution < 1.29 is 0 Å². The van der Waals surface area contributed by atoms with Crippen molar-refractivity contribution in [3.8, 4) is 56.4 Å². The first-order valence-corrected chi connectivity index (χ1v) is 19.0. The van der Waals surface area contributed by atoms with E-state index < -0.39 is 0 Å². The summed E-state index contributed by atoms with van der Waals surface area (Å²) in [6.45, 7) is 0.